The molecule has 0 aliphatic heterocycles. The lowest BCUT2D eigenvalue weighted by molar-refractivity contribution is 0.815. The molecule has 2 rings (SSSR count). The van der Waals surface area contributed by atoms with Crippen LogP contribution in [0.5, 0.6) is 0 Å². The summed E-state index contributed by atoms with van der Waals surface area (Å²) < 4.78 is 3.29. The van der Waals surface area contributed by atoms with Crippen LogP contribution in [0.1, 0.15) is 5.56 Å². The maximum absolute atomic E-state index is 3.49. The molecular formula is C11H13BrN2. The van der Waals surface area contributed by atoms with Gasteiger partial charge in [0.05, 0.1) is 0 Å². The summed E-state index contributed by atoms with van der Waals surface area (Å²) in [6.45, 7) is 0.916. The number of fused-ring (bicyclic) bond motifs is 1. The number of halogens is 1. The van der Waals surface area contributed by atoms with E-state index in [2.05, 4.69) is 57.3 Å². The van der Waals surface area contributed by atoms with Crippen molar-refractivity contribution in [3.63, 3.8) is 0 Å². The second-order valence-corrected chi connectivity index (χ2v) is 4.37. The van der Waals surface area contributed by atoms with Crippen molar-refractivity contribution in [2.24, 2.45) is 7.05 Å². The van der Waals surface area contributed by atoms with E-state index in [1.807, 2.05) is 7.05 Å². The third-order valence-corrected chi connectivity index (χ3v) is 2.90. The summed E-state index contributed by atoms with van der Waals surface area (Å²) in [4.78, 5) is 0. The molecule has 1 aromatic heterocycles. The number of aromatic nitrogens is 1. The van der Waals surface area contributed by atoms with E-state index < -0.39 is 0 Å². The molecular weight excluding hydrogens is 240 g/mol. The van der Waals surface area contributed by atoms with Gasteiger partial charge in [-0.05, 0) is 24.7 Å². The Labute approximate surface area is 92.0 Å². The van der Waals surface area contributed by atoms with Crippen LogP contribution in [0.4, 0.5) is 0 Å². The van der Waals surface area contributed by atoms with Gasteiger partial charge in [0, 0.05) is 35.2 Å². The molecule has 0 spiro atoms. The number of hydrogen-bond acceptors (Lipinski definition) is 1. The van der Waals surface area contributed by atoms with Crippen LogP contribution in [0.3, 0.4) is 0 Å². The predicted molar refractivity (Wildman–Crippen MR) is 63.4 cm³/mol. The van der Waals surface area contributed by atoms with E-state index in [0.29, 0.717) is 0 Å². The first-order valence-electron chi connectivity index (χ1n) is 4.60. The molecule has 0 aliphatic carbocycles. The largest absolute Gasteiger partial charge is 0.350 e. The fourth-order valence-electron chi connectivity index (χ4n) is 1.77. The second kappa shape index (κ2) is 3.75. The smallest absolute Gasteiger partial charge is 0.0492 e. The predicted octanol–water partition coefficient (Wildman–Crippen LogP) is 2.66. The highest BCUT2D eigenvalue weighted by Gasteiger charge is 2.05. The van der Waals surface area contributed by atoms with Crippen molar-refractivity contribution in [3.05, 3.63) is 34.4 Å². The van der Waals surface area contributed by atoms with E-state index in [1.165, 1.54) is 16.5 Å². The van der Waals surface area contributed by atoms with Gasteiger partial charge in [0.15, 0.2) is 0 Å². The molecule has 14 heavy (non-hydrogen) atoms. The molecule has 1 N–H and O–H groups in total. The Bertz CT molecular complexity index is 460. The van der Waals surface area contributed by atoms with Gasteiger partial charge in [0.25, 0.3) is 0 Å². The minimum Gasteiger partial charge on any atom is -0.350 e. The molecule has 0 atom stereocenters. The van der Waals surface area contributed by atoms with Crippen LogP contribution < -0.4 is 5.32 Å². The summed E-state index contributed by atoms with van der Waals surface area (Å²) in [5.41, 5.74) is 2.61. The van der Waals surface area contributed by atoms with Gasteiger partial charge in [-0.1, -0.05) is 22.0 Å². The summed E-state index contributed by atoms with van der Waals surface area (Å²) in [5, 5.41) is 4.50. The van der Waals surface area contributed by atoms with E-state index in [1.54, 1.807) is 0 Å². The van der Waals surface area contributed by atoms with Crippen molar-refractivity contribution in [1.82, 2.24) is 9.88 Å². The highest BCUT2D eigenvalue weighted by Crippen LogP contribution is 2.24. The molecule has 0 saturated heterocycles. The fourth-order valence-corrected chi connectivity index (χ4v) is 2.12. The van der Waals surface area contributed by atoms with Crippen molar-refractivity contribution >= 4 is 26.8 Å². The number of hydrogen-bond donors (Lipinski definition) is 1. The highest BCUT2D eigenvalue weighted by atomic mass is 79.9. The third-order valence-electron chi connectivity index (χ3n) is 2.40. The van der Waals surface area contributed by atoms with E-state index in [0.717, 1.165) is 11.0 Å². The molecule has 0 aliphatic rings. The Morgan fingerprint density at radius 3 is 2.93 bits per heavy atom. The molecule has 2 nitrogen and oxygen atoms in total. The SMILES string of the molecule is CNCc1cn(C)c2cc(Br)ccc12. The zero-order valence-electron chi connectivity index (χ0n) is 8.34. The summed E-state index contributed by atoms with van der Waals surface area (Å²) in [7, 11) is 4.05. The first-order chi connectivity index (χ1) is 6.72. The zero-order chi connectivity index (χ0) is 10.1. The maximum atomic E-state index is 3.49. The molecule has 1 heterocycles. The van der Waals surface area contributed by atoms with Crippen molar-refractivity contribution < 1.29 is 0 Å². The molecule has 0 fully saturated rings. The molecule has 2 aromatic rings. The van der Waals surface area contributed by atoms with Gasteiger partial charge in [0.1, 0.15) is 0 Å². The van der Waals surface area contributed by atoms with E-state index in [9.17, 15) is 0 Å². The van der Waals surface area contributed by atoms with Crippen molar-refractivity contribution in [2.45, 2.75) is 6.54 Å². The van der Waals surface area contributed by atoms with E-state index in [4.69, 9.17) is 0 Å². The Morgan fingerprint density at radius 2 is 2.21 bits per heavy atom. The Hall–Kier alpha value is -0.800. The minimum absolute atomic E-state index is 0.916. The monoisotopic (exact) mass is 252 g/mol. The van der Waals surface area contributed by atoms with Gasteiger partial charge in [-0.2, -0.15) is 0 Å². The number of nitrogens with zero attached hydrogens (tertiary/aromatic N) is 1. The summed E-state index contributed by atoms with van der Waals surface area (Å²) in [5.74, 6) is 0. The molecule has 0 unspecified atom stereocenters. The lowest BCUT2D eigenvalue weighted by Crippen LogP contribution is -2.04. The quantitative estimate of drug-likeness (QED) is 0.870. The molecule has 1 aromatic carbocycles. The second-order valence-electron chi connectivity index (χ2n) is 3.46. The average Bonchev–Trinajstić information content (AvgIpc) is 2.44. The van der Waals surface area contributed by atoms with Gasteiger partial charge in [-0.25, -0.2) is 0 Å². The number of aryl methyl sites for hydroxylation is 1. The Balaban J connectivity index is 2.65. The maximum Gasteiger partial charge on any atom is 0.0492 e. The van der Waals surface area contributed by atoms with Gasteiger partial charge in [0.2, 0.25) is 0 Å². The number of rotatable bonds is 2. The zero-order valence-corrected chi connectivity index (χ0v) is 9.93. The van der Waals surface area contributed by atoms with Crippen LogP contribution in [0.2, 0.25) is 0 Å². The summed E-state index contributed by atoms with van der Waals surface area (Å²) in [6, 6.07) is 6.39. The standard InChI is InChI=1S/C11H13BrN2/c1-13-6-8-7-14(2)11-5-9(12)3-4-10(8)11/h3-5,7,13H,6H2,1-2H3. The topological polar surface area (TPSA) is 17.0 Å². The highest BCUT2D eigenvalue weighted by molar-refractivity contribution is 9.10. The average molecular weight is 253 g/mol. The number of nitrogens with one attached hydrogen (secondary N) is 1. The van der Waals surface area contributed by atoms with Crippen LogP contribution in [0.25, 0.3) is 10.9 Å². The third kappa shape index (κ3) is 1.57. The van der Waals surface area contributed by atoms with Gasteiger partial charge in [-0.3, -0.25) is 0 Å². The Kier molecular flexibility index (Phi) is 2.61. The normalized spacial score (nSPS) is 11.1. The lowest BCUT2D eigenvalue weighted by Gasteiger charge is -1.97. The van der Waals surface area contributed by atoms with E-state index >= 15 is 0 Å². The first-order valence-corrected chi connectivity index (χ1v) is 5.39. The molecule has 0 radical (unpaired) electrons. The molecule has 74 valence electrons. The van der Waals surface area contributed by atoms with E-state index in [-0.39, 0.29) is 0 Å². The lowest BCUT2D eigenvalue weighted by atomic mass is 10.2. The van der Waals surface area contributed by atoms with Crippen LogP contribution >= 0.6 is 15.9 Å². The van der Waals surface area contributed by atoms with Gasteiger partial charge in [-0.15, -0.1) is 0 Å². The molecule has 0 amide bonds. The summed E-state index contributed by atoms with van der Waals surface area (Å²) >= 11 is 3.49. The number of benzene rings is 1. The van der Waals surface area contributed by atoms with Crippen molar-refractivity contribution in [2.75, 3.05) is 7.05 Å². The van der Waals surface area contributed by atoms with Gasteiger partial charge < -0.3 is 9.88 Å². The minimum atomic E-state index is 0.916. The molecule has 3 heteroatoms. The fraction of sp³-hybridized carbons (Fsp3) is 0.273. The van der Waals surface area contributed by atoms with Crippen LogP contribution in [0.15, 0.2) is 28.9 Å². The van der Waals surface area contributed by atoms with Crippen LogP contribution in [-0.2, 0) is 13.6 Å². The van der Waals surface area contributed by atoms with Gasteiger partial charge >= 0.3 is 0 Å². The summed E-state index contributed by atoms with van der Waals surface area (Å²) in [6.07, 6.45) is 2.17. The van der Waals surface area contributed by atoms with Crippen molar-refractivity contribution in [1.29, 1.82) is 0 Å². The molecule has 0 saturated carbocycles. The molecule has 0 bridgehead atoms. The van der Waals surface area contributed by atoms with Crippen LogP contribution in [0, 0.1) is 0 Å². The first kappa shape index (κ1) is 9.74. The van der Waals surface area contributed by atoms with Crippen LogP contribution in [-0.4, -0.2) is 11.6 Å². The Morgan fingerprint density at radius 1 is 1.43 bits per heavy atom. The van der Waals surface area contributed by atoms with Crippen molar-refractivity contribution in [3.8, 4) is 0 Å².